The Bertz CT molecular complexity index is 428. The van der Waals surface area contributed by atoms with Crippen LogP contribution in [-0.4, -0.2) is 48.8 Å². The zero-order chi connectivity index (χ0) is 13.5. The van der Waals surface area contributed by atoms with Crippen LogP contribution in [0.1, 0.15) is 16.3 Å². The van der Waals surface area contributed by atoms with E-state index in [1.54, 1.807) is 14.0 Å². The van der Waals surface area contributed by atoms with Crippen LogP contribution >= 0.6 is 0 Å². The molecule has 7 nitrogen and oxygen atoms in total. The van der Waals surface area contributed by atoms with Crippen molar-refractivity contribution in [3.8, 4) is 0 Å². The van der Waals surface area contributed by atoms with Crippen LogP contribution in [0.25, 0.3) is 0 Å². The standard InChI is InChI=1S/C11H17N3O4/c1-8-13-6-9(11(16)18-3)14(8)7-10(15)12-4-5-17-2/h6H,4-5,7H2,1-3H3,(H,12,15). The zero-order valence-corrected chi connectivity index (χ0v) is 10.7. The predicted molar refractivity (Wildman–Crippen MR) is 63.2 cm³/mol. The Hall–Kier alpha value is -1.89. The number of carbonyl (C=O) groups excluding carboxylic acids is 2. The number of nitrogens with one attached hydrogen (secondary N) is 1. The number of hydrogen-bond donors (Lipinski definition) is 1. The predicted octanol–water partition coefficient (Wildman–Crippen LogP) is -0.259. The van der Waals surface area contributed by atoms with Gasteiger partial charge in [0.05, 0.1) is 19.9 Å². The number of imidazole rings is 1. The third kappa shape index (κ3) is 3.56. The van der Waals surface area contributed by atoms with Crippen molar-refractivity contribution in [2.75, 3.05) is 27.4 Å². The van der Waals surface area contributed by atoms with Crippen LogP contribution in [-0.2, 0) is 20.8 Å². The Morgan fingerprint density at radius 3 is 2.78 bits per heavy atom. The van der Waals surface area contributed by atoms with E-state index in [4.69, 9.17) is 4.74 Å². The molecule has 7 heteroatoms. The summed E-state index contributed by atoms with van der Waals surface area (Å²) < 4.78 is 10.9. The summed E-state index contributed by atoms with van der Waals surface area (Å²) in [7, 11) is 2.84. The fourth-order valence-electron chi connectivity index (χ4n) is 1.43. The Labute approximate surface area is 105 Å². The minimum absolute atomic E-state index is 0.0278. The van der Waals surface area contributed by atoms with Crippen molar-refractivity contribution < 1.29 is 19.1 Å². The summed E-state index contributed by atoms with van der Waals surface area (Å²) >= 11 is 0. The number of rotatable bonds is 6. The van der Waals surface area contributed by atoms with Crippen molar-refractivity contribution in [1.82, 2.24) is 14.9 Å². The third-order valence-corrected chi connectivity index (χ3v) is 2.38. The Morgan fingerprint density at radius 1 is 1.44 bits per heavy atom. The number of amides is 1. The first-order valence-corrected chi connectivity index (χ1v) is 5.46. The molecule has 1 amide bonds. The minimum Gasteiger partial charge on any atom is -0.464 e. The number of carbonyl (C=O) groups is 2. The van der Waals surface area contributed by atoms with Crippen molar-refractivity contribution in [2.45, 2.75) is 13.5 Å². The summed E-state index contributed by atoms with van der Waals surface area (Å²) in [6.07, 6.45) is 1.39. The molecule has 0 bridgehead atoms. The molecule has 1 heterocycles. The Morgan fingerprint density at radius 2 is 2.17 bits per heavy atom. The number of hydrogen-bond acceptors (Lipinski definition) is 5. The fourth-order valence-corrected chi connectivity index (χ4v) is 1.43. The van der Waals surface area contributed by atoms with E-state index >= 15 is 0 Å². The van der Waals surface area contributed by atoms with Crippen LogP contribution in [0.4, 0.5) is 0 Å². The van der Waals surface area contributed by atoms with E-state index in [0.717, 1.165) is 0 Å². The number of aryl methyl sites for hydroxylation is 1. The second-order valence-electron chi connectivity index (χ2n) is 3.61. The molecule has 0 saturated heterocycles. The Balaban J connectivity index is 2.68. The molecule has 1 aromatic heterocycles. The van der Waals surface area contributed by atoms with Crippen LogP contribution in [0.15, 0.2) is 6.20 Å². The molecule has 0 unspecified atom stereocenters. The van der Waals surface area contributed by atoms with Crippen LogP contribution in [0.2, 0.25) is 0 Å². The van der Waals surface area contributed by atoms with Crippen molar-refractivity contribution >= 4 is 11.9 Å². The SMILES string of the molecule is COCCNC(=O)Cn1c(C(=O)OC)cnc1C. The smallest absolute Gasteiger partial charge is 0.356 e. The van der Waals surface area contributed by atoms with Gasteiger partial charge in [-0.25, -0.2) is 9.78 Å². The number of methoxy groups -OCH3 is 2. The molecule has 0 radical (unpaired) electrons. The number of aromatic nitrogens is 2. The Kier molecular flexibility index (Phi) is 5.31. The van der Waals surface area contributed by atoms with Crippen molar-refractivity contribution in [3.63, 3.8) is 0 Å². The lowest BCUT2D eigenvalue weighted by Gasteiger charge is -2.09. The van der Waals surface area contributed by atoms with E-state index in [0.29, 0.717) is 19.0 Å². The van der Waals surface area contributed by atoms with Crippen LogP contribution < -0.4 is 5.32 Å². The molecular formula is C11H17N3O4. The van der Waals surface area contributed by atoms with Gasteiger partial charge in [0.15, 0.2) is 0 Å². The summed E-state index contributed by atoms with van der Waals surface area (Å²) in [6.45, 7) is 2.62. The average molecular weight is 255 g/mol. The van der Waals surface area contributed by atoms with Gasteiger partial charge in [-0.15, -0.1) is 0 Å². The number of nitrogens with zero attached hydrogens (tertiary/aromatic N) is 2. The van der Waals surface area contributed by atoms with E-state index in [1.165, 1.54) is 17.9 Å². The molecule has 0 atom stereocenters. The van der Waals surface area contributed by atoms with Crippen molar-refractivity contribution in [1.29, 1.82) is 0 Å². The van der Waals surface area contributed by atoms with E-state index in [1.807, 2.05) is 0 Å². The third-order valence-electron chi connectivity index (χ3n) is 2.38. The molecule has 0 aliphatic carbocycles. The van der Waals surface area contributed by atoms with E-state index in [-0.39, 0.29) is 18.1 Å². The highest BCUT2D eigenvalue weighted by Crippen LogP contribution is 2.06. The molecule has 0 fully saturated rings. The summed E-state index contributed by atoms with van der Waals surface area (Å²) in [6, 6.07) is 0. The second kappa shape index (κ2) is 6.75. The van der Waals surface area contributed by atoms with Gasteiger partial charge < -0.3 is 19.4 Å². The molecular weight excluding hydrogens is 238 g/mol. The minimum atomic E-state index is -0.514. The first-order valence-electron chi connectivity index (χ1n) is 5.46. The van der Waals surface area contributed by atoms with Gasteiger partial charge in [0, 0.05) is 13.7 Å². The number of esters is 1. The zero-order valence-electron chi connectivity index (χ0n) is 10.7. The molecule has 18 heavy (non-hydrogen) atoms. The molecule has 0 aliphatic rings. The van der Waals surface area contributed by atoms with Crippen molar-refractivity contribution in [3.05, 3.63) is 17.7 Å². The summed E-state index contributed by atoms with van der Waals surface area (Å²) in [5, 5.41) is 2.67. The summed E-state index contributed by atoms with van der Waals surface area (Å²) in [5.74, 6) is -0.143. The lowest BCUT2D eigenvalue weighted by molar-refractivity contribution is -0.121. The van der Waals surface area contributed by atoms with Crippen LogP contribution in [0, 0.1) is 6.92 Å². The molecule has 0 saturated carbocycles. The summed E-state index contributed by atoms with van der Waals surface area (Å²) in [5.41, 5.74) is 0.261. The highest BCUT2D eigenvalue weighted by molar-refractivity contribution is 5.88. The maximum absolute atomic E-state index is 11.6. The van der Waals surface area contributed by atoms with Gasteiger partial charge in [-0.2, -0.15) is 0 Å². The maximum atomic E-state index is 11.6. The van der Waals surface area contributed by atoms with Gasteiger partial charge in [-0.05, 0) is 6.92 Å². The molecule has 1 aromatic rings. The highest BCUT2D eigenvalue weighted by atomic mass is 16.5. The molecule has 1 rings (SSSR count). The normalized spacial score (nSPS) is 10.2. The van der Waals surface area contributed by atoms with Gasteiger partial charge in [-0.1, -0.05) is 0 Å². The van der Waals surface area contributed by atoms with E-state index in [9.17, 15) is 9.59 Å². The van der Waals surface area contributed by atoms with Gasteiger partial charge in [0.1, 0.15) is 18.1 Å². The highest BCUT2D eigenvalue weighted by Gasteiger charge is 2.16. The molecule has 0 spiro atoms. The van der Waals surface area contributed by atoms with Gasteiger partial charge >= 0.3 is 5.97 Å². The van der Waals surface area contributed by atoms with Gasteiger partial charge in [-0.3, -0.25) is 4.79 Å². The first kappa shape index (κ1) is 14.2. The van der Waals surface area contributed by atoms with Gasteiger partial charge in [0.25, 0.3) is 0 Å². The van der Waals surface area contributed by atoms with Crippen LogP contribution in [0.3, 0.4) is 0 Å². The lowest BCUT2D eigenvalue weighted by atomic mass is 10.4. The molecule has 0 aromatic carbocycles. The molecule has 100 valence electrons. The topological polar surface area (TPSA) is 82.5 Å². The lowest BCUT2D eigenvalue weighted by Crippen LogP contribution is -2.31. The maximum Gasteiger partial charge on any atom is 0.356 e. The molecule has 1 N–H and O–H groups in total. The quantitative estimate of drug-likeness (QED) is 0.559. The fraction of sp³-hybridized carbons (Fsp3) is 0.545. The van der Waals surface area contributed by atoms with Crippen LogP contribution in [0.5, 0.6) is 0 Å². The molecule has 0 aliphatic heterocycles. The second-order valence-corrected chi connectivity index (χ2v) is 3.61. The average Bonchev–Trinajstić information content (AvgIpc) is 2.71. The summed E-state index contributed by atoms with van der Waals surface area (Å²) in [4.78, 5) is 27.1. The van der Waals surface area contributed by atoms with Gasteiger partial charge in [0.2, 0.25) is 5.91 Å². The monoisotopic (exact) mass is 255 g/mol. The van der Waals surface area contributed by atoms with Crippen molar-refractivity contribution in [2.24, 2.45) is 0 Å². The van der Waals surface area contributed by atoms with E-state index in [2.05, 4.69) is 15.0 Å². The largest absolute Gasteiger partial charge is 0.464 e. The number of ether oxygens (including phenoxy) is 2. The van der Waals surface area contributed by atoms with E-state index < -0.39 is 5.97 Å². The first-order chi connectivity index (χ1) is 8.60.